The van der Waals surface area contributed by atoms with Crippen LogP contribution < -0.4 is 20.7 Å². The molecule has 5 aliphatic heterocycles. The number of nitrogens with one attached hydrogen (secondary N) is 1. The Morgan fingerprint density at radius 3 is 2.85 bits per heavy atom. The average molecular weight is 650 g/mol. The van der Waals surface area contributed by atoms with E-state index in [1.165, 1.54) is 6.07 Å². The van der Waals surface area contributed by atoms with E-state index in [-0.39, 0.29) is 73.6 Å². The first-order valence-corrected chi connectivity index (χ1v) is 16.7. The predicted octanol–water partition coefficient (Wildman–Crippen LogP) is 5.59. The van der Waals surface area contributed by atoms with Gasteiger partial charge in [-0.05, 0) is 56.7 Å². The lowest BCUT2D eigenvalue weighted by Gasteiger charge is -2.41. The Bertz CT molecular complexity index is 2000. The molecule has 7 heterocycles. The number of nitrogen functional groups attached to an aromatic ring is 1. The molecule has 0 spiro atoms. The monoisotopic (exact) mass is 649 g/mol. The smallest absolute Gasteiger partial charge is 0.319 e. The minimum Gasteiger partial charge on any atom is -0.461 e. The van der Waals surface area contributed by atoms with Crippen molar-refractivity contribution in [3.63, 3.8) is 0 Å². The molecule has 13 heteroatoms. The normalized spacial score (nSPS) is 28.5. The largest absolute Gasteiger partial charge is 0.461 e. The van der Waals surface area contributed by atoms with E-state index in [9.17, 15) is 14.0 Å². The lowest BCUT2D eigenvalue weighted by atomic mass is 9.92. The van der Waals surface area contributed by atoms with Gasteiger partial charge in [-0.15, -0.1) is 11.3 Å². The lowest BCUT2D eigenvalue weighted by Crippen LogP contribution is -2.58. The number of nitriles is 1. The van der Waals surface area contributed by atoms with Crippen LogP contribution in [0.2, 0.25) is 0 Å². The molecule has 0 amide bonds. The quantitative estimate of drug-likeness (QED) is 0.276. The number of thiophene rings is 1. The van der Waals surface area contributed by atoms with E-state index >= 15 is 8.78 Å². The number of piperazine rings is 1. The Morgan fingerprint density at radius 2 is 2.00 bits per heavy atom. The zero-order valence-corrected chi connectivity index (χ0v) is 25.7. The van der Waals surface area contributed by atoms with E-state index in [4.69, 9.17) is 15.5 Å². The molecular formula is C33H31F4N7OS. The molecular weight excluding hydrogens is 618 g/mol. The van der Waals surface area contributed by atoms with Crippen molar-refractivity contribution in [2.45, 2.75) is 74.8 Å². The number of aryl methyl sites for hydroxylation is 1. The zero-order chi connectivity index (χ0) is 31.5. The van der Waals surface area contributed by atoms with Gasteiger partial charge in [-0.25, -0.2) is 17.6 Å². The summed E-state index contributed by atoms with van der Waals surface area (Å²) in [4.78, 5) is 13.7. The molecule has 8 nitrogen and oxygen atoms in total. The third-order valence-electron chi connectivity index (χ3n) is 11.0. The van der Waals surface area contributed by atoms with Gasteiger partial charge in [0.2, 0.25) is 0 Å². The van der Waals surface area contributed by atoms with Crippen molar-refractivity contribution in [1.29, 1.82) is 5.26 Å². The van der Waals surface area contributed by atoms with Crippen molar-refractivity contribution in [2.24, 2.45) is 0 Å². The number of rotatable bonds is 4. The van der Waals surface area contributed by atoms with E-state index in [2.05, 4.69) is 20.1 Å². The van der Waals surface area contributed by atoms with Gasteiger partial charge in [-0.2, -0.15) is 15.2 Å². The highest BCUT2D eigenvalue weighted by atomic mass is 32.1. The number of anilines is 2. The Hall–Kier alpha value is -3.73. The molecule has 4 fully saturated rings. The fourth-order valence-electron chi connectivity index (χ4n) is 9.02. The Labute approximate surface area is 266 Å². The van der Waals surface area contributed by atoms with Crippen LogP contribution in [0.1, 0.15) is 49.7 Å². The number of nitrogens with two attached hydrogens (primary N) is 1. The standard InChI is InChI=1S/C33H31F4N7OS/c34-15-10-33(8-1-9-43(33)12-15)14-45-32-41-28-25-18(4-7-22-21-6-2-16(40-21)13-44(22)31(25)42-32)26(36)24(27(28)37)17-3-5-20(35)29-23(17)19(11-38)30(39)46-29/h3,5,15-16,21-22,40H,1-2,4,6-10,12-14,39H2/t15-,16-,21+,22-,33+/m1/s1. The molecule has 2 aromatic carbocycles. The summed E-state index contributed by atoms with van der Waals surface area (Å²) in [6, 6.07) is 4.83. The van der Waals surface area contributed by atoms with Crippen molar-refractivity contribution < 1.29 is 22.3 Å². The molecule has 9 rings (SSSR count). The summed E-state index contributed by atoms with van der Waals surface area (Å²) in [6.07, 6.45) is 4.06. The maximum Gasteiger partial charge on any atom is 0.319 e. The molecule has 46 heavy (non-hydrogen) atoms. The molecule has 5 atom stereocenters. The highest BCUT2D eigenvalue weighted by molar-refractivity contribution is 7.23. The van der Waals surface area contributed by atoms with E-state index in [1.54, 1.807) is 0 Å². The molecule has 0 aliphatic carbocycles. The molecule has 2 bridgehead atoms. The fraction of sp³-hybridized carbons (Fsp3) is 0.485. The second kappa shape index (κ2) is 10.1. The van der Waals surface area contributed by atoms with E-state index in [0.29, 0.717) is 43.6 Å². The molecule has 4 aromatic rings. The van der Waals surface area contributed by atoms with E-state index < -0.39 is 29.2 Å². The minimum absolute atomic E-state index is 0.00782. The number of hydrogen-bond donors (Lipinski definition) is 2. The fourth-order valence-corrected chi connectivity index (χ4v) is 9.97. The summed E-state index contributed by atoms with van der Waals surface area (Å²) in [5, 5.41) is 14.0. The topological polar surface area (TPSA) is 103 Å². The first-order valence-electron chi connectivity index (χ1n) is 15.9. The van der Waals surface area contributed by atoms with Crippen molar-refractivity contribution >= 4 is 43.1 Å². The lowest BCUT2D eigenvalue weighted by molar-refractivity contribution is 0.107. The number of ether oxygens (including phenoxy) is 1. The molecule has 5 aliphatic rings. The van der Waals surface area contributed by atoms with Crippen LogP contribution in [0, 0.1) is 28.8 Å². The molecule has 238 valence electrons. The van der Waals surface area contributed by atoms with Crippen molar-refractivity contribution in [3.8, 4) is 23.2 Å². The van der Waals surface area contributed by atoms with Crippen molar-refractivity contribution in [3.05, 3.63) is 40.7 Å². The summed E-state index contributed by atoms with van der Waals surface area (Å²) < 4.78 is 69.7. The molecule has 0 radical (unpaired) electrons. The number of aromatic nitrogens is 2. The van der Waals surface area contributed by atoms with Crippen LogP contribution in [0.15, 0.2) is 12.1 Å². The van der Waals surface area contributed by atoms with Crippen LogP contribution >= 0.6 is 11.3 Å². The van der Waals surface area contributed by atoms with E-state index in [1.807, 2.05) is 6.07 Å². The van der Waals surface area contributed by atoms with Crippen LogP contribution in [0.4, 0.5) is 28.4 Å². The predicted molar refractivity (Wildman–Crippen MR) is 167 cm³/mol. The first kappa shape index (κ1) is 28.5. The van der Waals surface area contributed by atoms with Crippen LogP contribution in [0.5, 0.6) is 6.01 Å². The Morgan fingerprint density at radius 1 is 1.13 bits per heavy atom. The molecule has 0 unspecified atom stereocenters. The van der Waals surface area contributed by atoms with Crippen molar-refractivity contribution in [2.75, 3.05) is 36.9 Å². The Kier molecular flexibility index (Phi) is 6.28. The van der Waals surface area contributed by atoms with Gasteiger partial charge in [0.15, 0.2) is 5.82 Å². The molecule has 4 saturated heterocycles. The third-order valence-corrected chi connectivity index (χ3v) is 12.1. The highest BCUT2D eigenvalue weighted by Gasteiger charge is 2.50. The summed E-state index contributed by atoms with van der Waals surface area (Å²) in [5.74, 6) is -1.89. The summed E-state index contributed by atoms with van der Waals surface area (Å²) in [7, 11) is 0. The minimum atomic E-state index is -0.939. The first-order chi connectivity index (χ1) is 22.3. The summed E-state index contributed by atoms with van der Waals surface area (Å²) in [5.41, 5.74) is 5.44. The number of fused-ring (bicyclic) bond motifs is 7. The van der Waals surface area contributed by atoms with Crippen LogP contribution in [0.25, 0.3) is 32.1 Å². The number of nitrogens with zero attached hydrogens (tertiary/aromatic N) is 5. The Balaban J connectivity index is 1.26. The van der Waals surface area contributed by atoms with E-state index in [0.717, 1.165) is 49.6 Å². The second-order valence-electron chi connectivity index (χ2n) is 13.5. The number of halogens is 4. The maximum absolute atomic E-state index is 17.0. The summed E-state index contributed by atoms with van der Waals surface area (Å²) in [6.45, 7) is 1.96. The van der Waals surface area contributed by atoms with Gasteiger partial charge in [-0.3, -0.25) is 4.90 Å². The molecule has 3 N–H and O–H groups in total. The number of benzene rings is 2. The third kappa shape index (κ3) is 3.96. The number of hydrogen-bond acceptors (Lipinski definition) is 9. The maximum atomic E-state index is 17.0. The van der Waals surface area contributed by atoms with Crippen LogP contribution in [0.3, 0.4) is 0 Å². The van der Waals surface area contributed by atoms with Crippen LogP contribution in [-0.2, 0) is 6.42 Å². The SMILES string of the molecule is N#Cc1c(N)sc2c(F)ccc(-c3c(F)c4c5c(nc(OC[C@@]67CCCN6C[C@H](F)C7)nc5c3F)N3C[C@H]5CC[C@H](N5)[C@H]3CC4)c12. The highest BCUT2D eigenvalue weighted by Crippen LogP contribution is 2.48. The van der Waals surface area contributed by atoms with Gasteiger partial charge in [-0.1, -0.05) is 6.07 Å². The zero-order valence-electron chi connectivity index (χ0n) is 24.9. The van der Waals surface area contributed by atoms with Crippen molar-refractivity contribution in [1.82, 2.24) is 20.2 Å². The molecule has 2 aromatic heterocycles. The van der Waals surface area contributed by atoms with Gasteiger partial charge in [0, 0.05) is 48.6 Å². The van der Waals surface area contributed by atoms with Gasteiger partial charge in [0.1, 0.15) is 46.8 Å². The average Bonchev–Trinajstić information content (AvgIpc) is 3.76. The van der Waals surface area contributed by atoms with Gasteiger partial charge >= 0.3 is 6.01 Å². The second-order valence-corrected chi connectivity index (χ2v) is 14.5. The molecule has 0 saturated carbocycles. The van der Waals surface area contributed by atoms with Gasteiger partial charge in [0.25, 0.3) is 0 Å². The van der Waals surface area contributed by atoms with Gasteiger partial charge in [0.05, 0.1) is 26.8 Å². The van der Waals surface area contributed by atoms with Gasteiger partial charge < -0.3 is 20.7 Å². The number of alkyl halides is 1. The van der Waals surface area contributed by atoms with Crippen LogP contribution in [-0.4, -0.2) is 70.9 Å². The summed E-state index contributed by atoms with van der Waals surface area (Å²) >= 11 is 0.875.